The average molecular weight is 778 g/mol. The summed E-state index contributed by atoms with van der Waals surface area (Å²) >= 11 is 0. The number of anilines is 3. The summed E-state index contributed by atoms with van der Waals surface area (Å²) in [5, 5.41) is 6.00. The summed E-state index contributed by atoms with van der Waals surface area (Å²) in [4.78, 5) is 2.58. The maximum absolute atomic E-state index is 2.63. The molecular formula is C58H39NSi. The first-order chi connectivity index (χ1) is 29.5. The molecule has 2 aliphatic carbocycles. The molecule has 3 aliphatic heterocycles. The topological polar surface area (TPSA) is 3.24 Å². The fraction of sp³-hybridized carbons (Fsp3) is 0.0690. The summed E-state index contributed by atoms with van der Waals surface area (Å²) in [6.07, 6.45) is 0. The van der Waals surface area contributed by atoms with Gasteiger partial charge in [0.05, 0.1) is 16.8 Å². The standard InChI is InChI=1S/C58H39NSi/c1-57(2)45-22-8-3-17-37(45)43-35-50-44(34-49(43)57)38-18-4-9-23-46(38)58(50)47-24-10-12-26-51(47)59(52-27-13-11-25-48(52)58)36-31-32-42-41-21-7-16-30-55(41)60(56(42)33-36)53-28-14-5-19-39(53)40-20-6-15-29-54(40)60/h3-35H,1-2H3. The van der Waals surface area contributed by atoms with Gasteiger partial charge >= 0.3 is 0 Å². The molecule has 3 heterocycles. The van der Waals surface area contributed by atoms with E-state index in [2.05, 4.69) is 219 Å². The second-order valence-electron chi connectivity index (χ2n) is 17.9. The molecule has 0 radical (unpaired) electrons. The molecule has 2 spiro atoms. The molecule has 0 amide bonds. The molecule has 0 fully saturated rings. The van der Waals surface area contributed by atoms with Gasteiger partial charge in [-0.2, -0.15) is 0 Å². The van der Waals surface area contributed by atoms with Crippen molar-refractivity contribution in [2.24, 2.45) is 0 Å². The van der Waals surface area contributed by atoms with Crippen LogP contribution in [0.1, 0.15) is 47.2 Å². The molecule has 14 rings (SSSR count). The van der Waals surface area contributed by atoms with Crippen molar-refractivity contribution >= 4 is 45.9 Å². The highest BCUT2D eigenvalue weighted by Gasteiger charge is 2.56. The lowest BCUT2D eigenvalue weighted by atomic mass is 9.64. The van der Waals surface area contributed by atoms with Gasteiger partial charge < -0.3 is 4.90 Å². The van der Waals surface area contributed by atoms with Gasteiger partial charge in [-0.1, -0.05) is 178 Å². The predicted octanol–water partition coefficient (Wildman–Crippen LogP) is 11.5. The highest BCUT2D eigenvalue weighted by atomic mass is 28.3. The molecule has 0 atom stereocenters. The van der Waals surface area contributed by atoms with Crippen molar-refractivity contribution in [2.45, 2.75) is 24.7 Å². The first-order valence-electron chi connectivity index (χ1n) is 21.4. The molecule has 2 heteroatoms. The number of para-hydroxylation sites is 2. The normalized spacial score (nSPS) is 16.2. The quantitative estimate of drug-likeness (QED) is 0.150. The van der Waals surface area contributed by atoms with Crippen molar-refractivity contribution < 1.29 is 0 Å². The molecule has 0 saturated heterocycles. The molecule has 5 aliphatic rings. The van der Waals surface area contributed by atoms with Gasteiger partial charge in [0.15, 0.2) is 8.07 Å². The molecule has 9 aromatic rings. The van der Waals surface area contributed by atoms with Crippen LogP contribution in [0.3, 0.4) is 0 Å². The second kappa shape index (κ2) is 11.2. The van der Waals surface area contributed by atoms with E-state index in [1.54, 1.807) is 0 Å². The summed E-state index contributed by atoms with van der Waals surface area (Å²) < 4.78 is 0. The van der Waals surface area contributed by atoms with E-state index in [0.29, 0.717) is 0 Å². The van der Waals surface area contributed by atoms with Crippen LogP contribution < -0.4 is 25.6 Å². The lowest BCUT2D eigenvalue weighted by Crippen LogP contribution is -2.70. The average Bonchev–Trinajstić information content (AvgIpc) is 3.95. The van der Waals surface area contributed by atoms with E-state index >= 15 is 0 Å². The fourth-order valence-electron chi connectivity index (χ4n) is 12.8. The first-order valence-corrected chi connectivity index (χ1v) is 23.4. The lowest BCUT2D eigenvalue weighted by Gasteiger charge is -2.45. The predicted molar refractivity (Wildman–Crippen MR) is 251 cm³/mol. The SMILES string of the molecule is CC1(C)c2ccccc2-c2cc3c(cc21)-c1ccccc1C31c2ccccc2N(c2ccc3c(c2)[Si]2(c4ccccc4-c4ccccc42)c2ccccc2-3)c2ccccc21. The van der Waals surface area contributed by atoms with Crippen LogP contribution in [0.5, 0.6) is 0 Å². The zero-order valence-electron chi connectivity index (χ0n) is 33.5. The smallest absolute Gasteiger partial charge is 0.182 e. The maximum Gasteiger partial charge on any atom is 0.182 e. The number of fused-ring (bicyclic) bond motifs is 22. The van der Waals surface area contributed by atoms with Gasteiger partial charge in [0.25, 0.3) is 0 Å². The second-order valence-corrected chi connectivity index (χ2v) is 21.6. The Bertz CT molecular complexity index is 3280. The third-order valence-corrected chi connectivity index (χ3v) is 20.0. The van der Waals surface area contributed by atoms with E-state index < -0.39 is 13.5 Å². The van der Waals surface area contributed by atoms with Crippen LogP contribution >= 0.6 is 0 Å². The zero-order chi connectivity index (χ0) is 39.5. The first kappa shape index (κ1) is 32.9. The monoisotopic (exact) mass is 777 g/mol. The van der Waals surface area contributed by atoms with E-state index in [4.69, 9.17) is 0 Å². The van der Waals surface area contributed by atoms with Gasteiger partial charge in [-0.25, -0.2) is 0 Å². The highest BCUT2D eigenvalue weighted by molar-refractivity contribution is 7.24. The molecule has 0 N–H and O–H groups in total. The minimum atomic E-state index is -2.63. The third-order valence-electron chi connectivity index (χ3n) is 15.1. The summed E-state index contributed by atoms with van der Waals surface area (Å²) in [6, 6.07) is 77.2. The molecule has 0 saturated carbocycles. The molecule has 1 nitrogen and oxygen atoms in total. The van der Waals surface area contributed by atoms with Crippen molar-refractivity contribution in [3.8, 4) is 44.5 Å². The van der Waals surface area contributed by atoms with E-state index in [9.17, 15) is 0 Å². The van der Waals surface area contributed by atoms with E-state index in [1.807, 2.05) is 0 Å². The fourth-order valence-corrected chi connectivity index (χ4v) is 18.4. The van der Waals surface area contributed by atoms with E-state index in [-0.39, 0.29) is 5.41 Å². The largest absolute Gasteiger partial charge is 0.310 e. The Morgan fingerprint density at radius 1 is 0.317 bits per heavy atom. The van der Waals surface area contributed by atoms with Crippen LogP contribution in [-0.2, 0) is 10.8 Å². The Kier molecular flexibility index (Phi) is 6.13. The van der Waals surface area contributed by atoms with Gasteiger partial charge in [-0.05, 0) is 135 Å². The lowest BCUT2D eigenvalue weighted by molar-refractivity contribution is 0.660. The van der Waals surface area contributed by atoms with Crippen LogP contribution in [0, 0.1) is 0 Å². The van der Waals surface area contributed by atoms with Crippen molar-refractivity contribution in [1.29, 1.82) is 0 Å². The highest BCUT2D eigenvalue weighted by Crippen LogP contribution is 2.65. The number of hydrogen-bond donors (Lipinski definition) is 0. The maximum atomic E-state index is 2.59. The van der Waals surface area contributed by atoms with E-state index in [1.165, 1.54) is 116 Å². The van der Waals surface area contributed by atoms with Crippen LogP contribution in [0.2, 0.25) is 0 Å². The Morgan fingerprint density at radius 3 is 1.32 bits per heavy atom. The third kappa shape index (κ3) is 3.65. The van der Waals surface area contributed by atoms with Crippen molar-refractivity contribution in [3.05, 3.63) is 234 Å². The summed E-state index contributed by atoms with van der Waals surface area (Å²) in [5.74, 6) is 0. The van der Waals surface area contributed by atoms with Crippen molar-refractivity contribution in [3.63, 3.8) is 0 Å². The van der Waals surface area contributed by atoms with Crippen LogP contribution in [-0.4, -0.2) is 8.07 Å². The van der Waals surface area contributed by atoms with Gasteiger partial charge in [0.1, 0.15) is 0 Å². The number of rotatable bonds is 1. The minimum absolute atomic E-state index is 0.0842. The Balaban J connectivity index is 1.05. The summed E-state index contributed by atoms with van der Waals surface area (Å²) in [7, 11) is -2.63. The van der Waals surface area contributed by atoms with E-state index in [0.717, 1.165) is 0 Å². The number of nitrogens with zero attached hydrogens (tertiary/aromatic N) is 1. The van der Waals surface area contributed by atoms with Crippen LogP contribution in [0.25, 0.3) is 44.5 Å². The van der Waals surface area contributed by atoms with Crippen molar-refractivity contribution in [2.75, 3.05) is 4.90 Å². The molecule has 0 bridgehead atoms. The summed E-state index contributed by atoms with van der Waals surface area (Å²) in [5.41, 5.74) is 22.3. The van der Waals surface area contributed by atoms with Crippen LogP contribution in [0.4, 0.5) is 17.1 Å². The summed E-state index contributed by atoms with van der Waals surface area (Å²) in [6.45, 7) is 4.79. The van der Waals surface area contributed by atoms with Gasteiger partial charge in [0.2, 0.25) is 0 Å². The number of hydrogen-bond acceptors (Lipinski definition) is 1. The Labute approximate surface area is 351 Å². The molecule has 0 unspecified atom stereocenters. The van der Waals surface area contributed by atoms with Gasteiger partial charge in [-0.15, -0.1) is 0 Å². The van der Waals surface area contributed by atoms with Gasteiger partial charge in [-0.3, -0.25) is 0 Å². The molecular weight excluding hydrogens is 739 g/mol. The molecule has 9 aromatic carbocycles. The molecule has 280 valence electrons. The van der Waals surface area contributed by atoms with Crippen molar-refractivity contribution in [1.82, 2.24) is 0 Å². The van der Waals surface area contributed by atoms with Gasteiger partial charge in [0, 0.05) is 11.1 Å². The zero-order valence-corrected chi connectivity index (χ0v) is 34.5. The number of benzene rings is 9. The van der Waals surface area contributed by atoms with Crippen LogP contribution in [0.15, 0.2) is 200 Å². The minimum Gasteiger partial charge on any atom is -0.310 e. The molecule has 60 heavy (non-hydrogen) atoms. The Morgan fingerprint density at radius 2 is 0.733 bits per heavy atom. The Hall–Kier alpha value is -7.00. The molecule has 0 aromatic heterocycles.